The lowest BCUT2D eigenvalue weighted by atomic mass is 10.1. The molecule has 0 spiro atoms. The van der Waals surface area contributed by atoms with Gasteiger partial charge in [0.05, 0.1) is 23.7 Å². The second kappa shape index (κ2) is 4.35. The summed E-state index contributed by atoms with van der Waals surface area (Å²) in [4.78, 5) is 20.8. The number of ether oxygens (including phenoxy) is 1. The summed E-state index contributed by atoms with van der Waals surface area (Å²) in [6.07, 6.45) is 0. The number of halogens is 1. The minimum atomic E-state index is -1.05. The normalized spacial score (nSPS) is 9.31. The van der Waals surface area contributed by atoms with Gasteiger partial charge in [-0.1, -0.05) is 0 Å². The highest BCUT2D eigenvalue weighted by molar-refractivity contribution is 5.94. The van der Waals surface area contributed by atoms with Crippen molar-refractivity contribution in [1.82, 2.24) is 0 Å². The van der Waals surface area contributed by atoms with Crippen LogP contribution in [0.25, 0.3) is 0 Å². The van der Waals surface area contributed by atoms with Crippen molar-refractivity contribution in [1.29, 1.82) is 5.26 Å². The Labute approximate surface area is 89.0 Å². The molecule has 0 bridgehead atoms. The van der Waals surface area contributed by atoms with Crippen LogP contribution >= 0.6 is 0 Å². The van der Waals surface area contributed by atoms with Gasteiger partial charge < -0.3 is 4.74 Å². The maximum absolute atomic E-state index is 13.1. The summed E-state index contributed by atoms with van der Waals surface area (Å²) in [5, 5.41) is 19.1. The average Bonchev–Trinajstić information content (AvgIpc) is 2.27. The molecule has 0 unspecified atom stereocenters. The Balaban J connectivity index is 3.50. The molecule has 0 radical (unpaired) electrons. The number of nitro benzene ring substituents is 1. The minimum absolute atomic E-state index is 0.453. The lowest BCUT2D eigenvalue weighted by Crippen LogP contribution is -2.07. The predicted octanol–water partition coefficient (Wildman–Crippen LogP) is 1.39. The second-order valence-electron chi connectivity index (χ2n) is 2.71. The summed E-state index contributed by atoms with van der Waals surface area (Å²) >= 11 is 0. The summed E-state index contributed by atoms with van der Waals surface area (Å²) in [5.74, 6) is -2.05. The van der Waals surface area contributed by atoms with Gasteiger partial charge >= 0.3 is 5.97 Å². The predicted molar refractivity (Wildman–Crippen MR) is 49.1 cm³/mol. The van der Waals surface area contributed by atoms with E-state index in [9.17, 15) is 19.3 Å². The van der Waals surface area contributed by atoms with Crippen LogP contribution in [0.5, 0.6) is 0 Å². The van der Waals surface area contributed by atoms with E-state index in [0.29, 0.717) is 6.07 Å². The molecule has 0 aliphatic carbocycles. The van der Waals surface area contributed by atoms with Crippen molar-refractivity contribution < 1.29 is 18.8 Å². The molecule has 0 saturated heterocycles. The maximum Gasteiger partial charge on any atom is 0.344 e. The Morgan fingerprint density at radius 2 is 2.25 bits per heavy atom. The molecular weight excluding hydrogens is 219 g/mol. The zero-order valence-electron chi connectivity index (χ0n) is 8.06. The fourth-order valence-electron chi connectivity index (χ4n) is 1.07. The van der Waals surface area contributed by atoms with Crippen LogP contribution < -0.4 is 0 Å². The van der Waals surface area contributed by atoms with Gasteiger partial charge in [-0.3, -0.25) is 10.1 Å². The van der Waals surface area contributed by atoms with E-state index in [1.807, 2.05) is 0 Å². The van der Waals surface area contributed by atoms with Crippen LogP contribution in [0.1, 0.15) is 15.9 Å². The Kier molecular flexibility index (Phi) is 3.15. The first-order chi connectivity index (χ1) is 7.51. The summed E-state index contributed by atoms with van der Waals surface area (Å²) in [6, 6.07) is 2.79. The molecule has 1 aromatic carbocycles. The molecule has 0 aliphatic heterocycles. The van der Waals surface area contributed by atoms with Crippen molar-refractivity contribution in [2.24, 2.45) is 0 Å². The number of benzene rings is 1. The number of hydrogen-bond donors (Lipinski definition) is 0. The van der Waals surface area contributed by atoms with Gasteiger partial charge in [0.25, 0.3) is 5.69 Å². The van der Waals surface area contributed by atoms with E-state index in [2.05, 4.69) is 4.74 Å². The Morgan fingerprint density at radius 1 is 1.62 bits per heavy atom. The SMILES string of the molecule is COC(=O)c1cc(C#N)c(F)cc1[N+](=O)[O-]. The van der Waals surface area contributed by atoms with Gasteiger partial charge in [0.1, 0.15) is 17.4 Å². The fraction of sp³-hybridized carbons (Fsp3) is 0.111. The number of nitrogens with zero attached hydrogens (tertiary/aromatic N) is 2. The van der Waals surface area contributed by atoms with Crippen LogP contribution in [0.3, 0.4) is 0 Å². The van der Waals surface area contributed by atoms with Crippen molar-refractivity contribution >= 4 is 11.7 Å². The molecule has 0 aromatic heterocycles. The van der Waals surface area contributed by atoms with Gasteiger partial charge in [-0.05, 0) is 6.07 Å². The summed E-state index contributed by atoms with van der Waals surface area (Å²) in [5.41, 5.74) is -1.64. The number of rotatable bonds is 2. The van der Waals surface area contributed by atoms with Gasteiger partial charge in [0, 0.05) is 0 Å². The zero-order chi connectivity index (χ0) is 12.3. The largest absolute Gasteiger partial charge is 0.465 e. The highest BCUT2D eigenvalue weighted by atomic mass is 19.1. The van der Waals surface area contributed by atoms with Crippen molar-refractivity contribution in [3.8, 4) is 6.07 Å². The number of methoxy groups -OCH3 is 1. The molecule has 82 valence electrons. The minimum Gasteiger partial charge on any atom is -0.465 e. The van der Waals surface area contributed by atoms with E-state index in [-0.39, 0.29) is 0 Å². The third kappa shape index (κ3) is 1.95. The number of hydrogen-bond acceptors (Lipinski definition) is 5. The van der Waals surface area contributed by atoms with Gasteiger partial charge in [-0.25, -0.2) is 9.18 Å². The third-order valence-corrected chi connectivity index (χ3v) is 1.81. The molecular formula is C9H5FN2O4. The molecule has 0 aliphatic rings. The molecule has 1 rings (SSSR count). The van der Waals surface area contributed by atoms with Crippen LogP contribution in [-0.4, -0.2) is 18.0 Å². The van der Waals surface area contributed by atoms with Crippen LogP contribution in [0.2, 0.25) is 0 Å². The van der Waals surface area contributed by atoms with Gasteiger partial charge in [0.2, 0.25) is 0 Å². The monoisotopic (exact) mass is 224 g/mol. The average molecular weight is 224 g/mol. The number of carbonyl (C=O) groups is 1. The van der Waals surface area contributed by atoms with E-state index >= 15 is 0 Å². The molecule has 0 amide bonds. The van der Waals surface area contributed by atoms with Crippen LogP contribution in [0.4, 0.5) is 10.1 Å². The molecule has 6 nitrogen and oxygen atoms in total. The molecule has 0 saturated carbocycles. The quantitative estimate of drug-likeness (QED) is 0.430. The Bertz CT molecular complexity index is 507. The number of nitro groups is 1. The lowest BCUT2D eigenvalue weighted by molar-refractivity contribution is -0.385. The zero-order valence-corrected chi connectivity index (χ0v) is 8.06. The fourth-order valence-corrected chi connectivity index (χ4v) is 1.07. The first kappa shape index (κ1) is 11.6. The third-order valence-electron chi connectivity index (χ3n) is 1.81. The van der Waals surface area contributed by atoms with Crippen molar-refractivity contribution in [3.63, 3.8) is 0 Å². The molecule has 0 N–H and O–H groups in total. The Morgan fingerprint density at radius 3 is 2.69 bits per heavy atom. The molecule has 0 atom stereocenters. The highest BCUT2D eigenvalue weighted by Gasteiger charge is 2.24. The van der Waals surface area contributed by atoms with Crippen LogP contribution in [-0.2, 0) is 4.74 Å². The summed E-state index contributed by atoms with van der Waals surface area (Å²) in [7, 11) is 1.03. The topological polar surface area (TPSA) is 93.2 Å². The molecule has 0 heterocycles. The molecule has 7 heteroatoms. The van der Waals surface area contributed by atoms with Gasteiger partial charge in [-0.2, -0.15) is 5.26 Å². The van der Waals surface area contributed by atoms with E-state index in [0.717, 1.165) is 13.2 Å². The van der Waals surface area contributed by atoms with Crippen molar-refractivity contribution in [2.75, 3.05) is 7.11 Å². The highest BCUT2D eigenvalue weighted by Crippen LogP contribution is 2.23. The molecule has 1 aromatic rings. The second-order valence-corrected chi connectivity index (χ2v) is 2.71. The Hall–Kier alpha value is -2.49. The maximum atomic E-state index is 13.1. The van der Waals surface area contributed by atoms with Crippen LogP contribution in [0, 0.1) is 27.3 Å². The summed E-state index contributed by atoms with van der Waals surface area (Å²) in [6.45, 7) is 0. The van der Waals surface area contributed by atoms with E-state index in [4.69, 9.17) is 5.26 Å². The number of carbonyl (C=O) groups excluding carboxylic acids is 1. The van der Waals surface area contributed by atoms with E-state index in [1.54, 1.807) is 0 Å². The lowest BCUT2D eigenvalue weighted by Gasteiger charge is -2.02. The number of esters is 1. The number of nitriles is 1. The smallest absolute Gasteiger partial charge is 0.344 e. The summed E-state index contributed by atoms with van der Waals surface area (Å²) < 4.78 is 17.4. The first-order valence-corrected chi connectivity index (χ1v) is 3.97. The van der Waals surface area contributed by atoms with Crippen molar-refractivity contribution in [2.45, 2.75) is 0 Å². The van der Waals surface area contributed by atoms with Crippen molar-refractivity contribution in [3.05, 3.63) is 39.2 Å². The first-order valence-electron chi connectivity index (χ1n) is 3.97. The molecule has 16 heavy (non-hydrogen) atoms. The van der Waals surface area contributed by atoms with Gasteiger partial charge in [0.15, 0.2) is 0 Å². The van der Waals surface area contributed by atoms with Crippen LogP contribution in [0.15, 0.2) is 12.1 Å². The standard InChI is InChI=1S/C9H5FN2O4/c1-16-9(13)6-2-5(4-11)7(10)3-8(6)12(14)15/h2-3H,1H3. The van der Waals surface area contributed by atoms with E-state index in [1.165, 1.54) is 6.07 Å². The van der Waals surface area contributed by atoms with E-state index < -0.39 is 33.5 Å². The van der Waals surface area contributed by atoms with Gasteiger partial charge in [-0.15, -0.1) is 0 Å². The molecule has 0 fully saturated rings.